The SMILES string of the molecule is COC(=O)c1c(-c2cc(Br)ccc2OCc2cccc(C)c2)nn(-c2ccccc2)c1C(=O)OC. The molecule has 1 aromatic heterocycles. The third kappa shape index (κ3) is 5.12. The lowest BCUT2D eigenvalue weighted by Gasteiger charge is -2.12. The van der Waals surface area contributed by atoms with E-state index in [0.29, 0.717) is 23.6 Å². The summed E-state index contributed by atoms with van der Waals surface area (Å²) in [5.74, 6) is -0.939. The molecule has 1 heterocycles. The highest BCUT2D eigenvalue weighted by atomic mass is 79.9. The van der Waals surface area contributed by atoms with Crippen LogP contribution >= 0.6 is 15.9 Å². The quantitative estimate of drug-likeness (QED) is 0.280. The average molecular weight is 535 g/mol. The van der Waals surface area contributed by atoms with Gasteiger partial charge in [0.1, 0.15) is 23.6 Å². The average Bonchev–Trinajstić information content (AvgIpc) is 3.28. The van der Waals surface area contributed by atoms with Gasteiger partial charge in [-0.1, -0.05) is 64.0 Å². The van der Waals surface area contributed by atoms with Gasteiger partial charge in [0, 0.05) is 10.0 Å². The van der Waals surface area contributed by atoms with Gasteiger partial charge in [0.15, 0.2) is 5.69 Å². The van der Waals surface area contributed by atoms with Crippen molar-refractivity contribution in [3.05, 3.63) is 99.7 Å². The fourth-order valence-corrected chi connectivity index (χ4v) is 4.08. The first-order valence-electron chi connectivity index (χ1n) is 10.8. The van der Waals surface area contributed by atoms with E-state index in [1.165, 1.54) is 18.9 Å². The summed E-state index contributed by atoms with van der Waals surface area (Å²) < 4.78 is 18.3. The molecule has 0 radical (unpaired) electrons. The molecule has 0 bridgehead atoms. The zero-order valence-corrected chi connectivity index (χ0v) is 21.0. The molecule has 0 amide bonds. The topological polar surface area (TPSA) is 79.7 Å². The van der Waals surface area contributed by atoms with E-state index < -0.39 is 11.9 Å². The molecule has 4 rings (SSSR count). The van der Waals surface area contributed by atoms with Gasteiger partial charge in [0.2, 0.25) is 0 Å². The summed E-state index contributed by atoms with van der Waals surface area (Å²) in [4.78, 5) is 25.8. The number of esters is 2. The molecule has 0 fully saturated rings. The molecule has 0 saturated carbocycles. The molecular weight excluding hydrogens is 512 g/mol. The summed E-state index contributed by atoms with van der Waals surface area (Å²) >= 11 is 3.49. The van der Waals surface area contributed by atoms with Gasteiger partial charge in [-0.15, -0.1) is 0 Å². The maximum absolute atomic E-state index is 13.0. The predicted molar refractivity (Wildman–Crippen MR) is 135 cm³/mol. The summed E-state index contributed by atoms with van der Waals surface area (Å²) in [6.45, 7) is 2.33. The number of rotatable bonds is 7. The zero-order chi connectivity index (χ0) is 24.9. The van der Waals surface area contributed by atoms with Gasteiger partial charge in [0.25, 0.3) is 0 Å². The van der Waals surface area contributed by atoms with E-state index in [1.807, 2.05) is 55.5 Å². The third-order valence-electron chi connectivity index (χ3n) is 5.33. The molecule has 3 aromatic carbocycles. The van der Waals surface area contributed by atoms with E-state index in [4.69, 9.17) is 14.2 Å². The number of methoxy groups -OCH3 is 2. The Hall–Kier alpha value is -3.91. The molecule has 178 valence electrons. The number of hydrogen-bond donors (Lipinski definition) is 0. The lowest BCUT2D eigenvalue weighted by Crippen LogP contribution is -2.15. The monoisotopic (exact) mass is 534 g/mol. The second kappa shape index (κ2) is 10.6. The Balaban J connectivity index is 1.90. The van der Waals surface area contributed by atoms with Crippen LogP contribution in [-0.4, -0.2) is 35.9 Å². The highest BCUT2D eigenvalue weighted by Gasteiger charge is 2.32. The van der Waals surface area contributed by atoms with Gasteiger partial charge in [-0.25, -0.2) is 14.3 Å². The van der Waals surface area contributed by atoms with E-state index in [1.54, 1.807) is 24.3 Å². The van der Waals surface area contributed by atoms with E-state index >= 15 is 0 Å². The molecule has 0 aliphatic rings. The maximum Gasteiger partial charge on any atom is 0.357 e. The van der Waals surface area contributed by atoms with Crippen LogP contribution < -0.4 is 4.74 Å². The van der Waals surface area contributed by atoms with E-state index in [-0.39, 0.29) is 17.0 Å². The molecule has 0 spiro atoms. The van der Waals surface area contributed by atoms with Crippen LogP contribution in [-0.2, 0) is 16.1 Å². The van der Waals surface area contributed by atoms with Crippen molar-refractivity contribution in [1.29, 1.82) is 0 Å². The van der Waals surface area contributed by atoms with Crippen molar-refractivity contribution >= 4 is 27.9 Å². The predicted octanol–water partition coefficient (Wildman–Crippen LogP) is 5.76. The van der Waals surface area contributed by atoms with Gasteiger partial charge < -0.3 is 14.2 Å². The van der Waals surface area contributed by atoms with Crippen molar-refractivity contribution in [2.45, 2.75) is 13.5 Å². The van der Waals surface area contributed by atoms with Crippen LogP contribution in [0.2, 0.25) is 0 Å². The molecule has 35 heavy (non-hydrogen) atoms. The number of aryl methyl sites for hydroxylation is 1. The molecule has 7 nitrogen and oxygen atoms in total. The number of halogens is 1. The molecule has 0 saturated heterocycles. The van der Waals surface area contributed by atoms with Crippen molar-refractivity contribution in [3.63, 3.8) is 0 Å². The number of carbonyl (C=O) groups excluding carboxylic acids is 2. The number of hydrogen-bond acceptors (Lipinski definition) is 6. The van der Waals surface area contributed by atoms with E-state index in [9.17, 15) is 9.59 Å². The van der Waals surface area contributed by atoms with Crippen molar-refractivity contribution < 1.29 is 23.8 Å². The second-order valence-electron chi connectivity index (χ2n) is 7.72. The van der Waals surface area contributed by atoms with Crippen LogP contribution in [0.15, 0.2) is 77.3 Å². The van der Waals surface area contributed by atoms with Crippen LogP contribution in [0.5, 0.6) is 5.75 Å². The molecule has 4 aromatic rings. The number of carbonyl (C=O) groups is 2. The van der Waals surface area contributed by atoms with Crippen LogP contribution in [0, 0.1) is 6.92 Å². The highest BCUT2D eigenvalue weighted by Crippen LogP contribution is 2.37. The first kappa shape index (κ1) is 24.2. The van der Waals surface area contributed by atoms with Crippen LogP contribution in [0.25, 0.3) is 16.9 Å². The van der Waals surface area contributed by atoms with Crippen molar-refractivity contribution in [3.8, 4) is 22.7 Å². The van der Waals surface area contributed by atoms with Crippen molar-refractivity contribution in [2.75, 3.05) is 14.2 Å². The summed E-state index contributed by atoms with van der Waals surface area (Å²) in [5, 5.41) is 4.67. The van der Waals surface area contributed by atoms with Crippen LogP contribution in [0.3, 0.4) is 0 Å². The fourth-order valence-electron chi connectivity index (χ4n) is 3.72. The molecule has 0 N–H and O–H groups in total. The summed E-state index contributed by atoms with van der Waals surface area (Å²) in [6.07, 6.45) is 0. The normalized spacial score (nSPS) is 10.6. The molecule has 0 aliphatic heterocycles. The summed E-state index contributed by atoms with van der Waals surface area (Å²) in [5.41, 5.74) is 3.42. The number of ether oxygens (including phenoxy) is 3. The van der Waals surface area contributed by atoms with Gasteiger partial charge in [-0.3, -0.25) is 0 Å². The highest BCUT2D eigenvalue weighted by molar-refractivity contribution is 9.10. The van der Waals surface area contributed by atoms with Crippen molar-refractivity contribution in [1.82, 2.24) is 9.78 Å². The zero-order valence-electron chi connectivity index (χ0n) is 19.4. The van der Waals surface area contributed by atoms with E-state index in [0.717, 1.165) is 15.6 Å². The Morgan fingerprint density at radius 2 is 1.66 bits per heavy atom. The molecule has 0 unspecified atom stereocenters. The standard InChI is InChI=1S/C27H23BrN2O5/c1-17-8-7-9-18(14-17)16-35-22-13-12-19(28)15-21(22)24-23(26(31)33-2)25(27(32)34-3)30(29-24)20-10-5-4-6-11-20/h4-15H,16H2,1-3H3. The Bertz CT molecular complexity index is 1380. The maximum atomic E-state index is 13.0. The van der Waals surface area contributed by atoms with Crippen molar-refractivity contribution in [2.24, 2.45) is 0 Å². The Morgan fingerprint density at radius 3 is 2.34 bits per heavy atom. The molecule has 0 aliphatic carbocycles. The lowest BCUT2D eigenvalue weighted by atomic mass is 10.0. The number of aromatic nitrogens is 2. The van der Waals surface area contributed by atoms with E-state index in [2.05, 4.69) is 21.0 Å². The molecular formula is C27H23BrN2O5. The van der Waals surface area contributed by atoms with Gasteiger partial charge in [0.05, 0.1) is 19.9 Å². The lowest BCUT2D eigenvalue weighted by molar-refractivity contribution is 0.0549. The summed E-state index contributed by atoms with van der Waals surface area (Å²) in [7, 11) is 2.50. The smallest absolute Gasteiger partial charge is 0.357 e. The third-order valence-corrected chi connectivity index (χ3v) is 5.82. The molecule has 0 atom stereocenters. The number of nitrogens with zero attached hydrogens (tertiary/aromatic N) is 2. The number of benzene rings is 3. The Labute approximate surface area is 211 Å². The van der Waals surface area contributed by atoms with Crippen LogP contribution in [0.1, 0.15) is 32.0 Å². The Kier molecular flexibility index (Phi) is 7.31. The minimum atomic E-state index is -0.717. The van der Waals surface area contributed by atoms with Gasteiger partial charge in [-0.2, -0.15) is 5.10 Å². The minimum Gasteiger partial charge on any atom is -0.488 e. The second-order valence-corrected chi connectivity index (χ2v) is 8.64. The Morgan fingerprint density at radius 1 is 0.914 bits per heavy atom. The molecule has 8 heteroatoms. The van der Waals surface area contributed by atoms with Gasteiger partial charge in [-0.05, 0) is 42.8 Å². The fraction of sp³-hybridized carbons (Fsp3) is 0.148. The largest absolute Gasteiger partial charge is 0.488 e. The minimum absolute atomic E-state index is 0.0123. The first-order chi connectivity index (χ1) is 16.9. The first-order valence-corrected chi connectivity index (χ1v) is 11.6. The number of para-hydroxylation sites is 1. The van der Waals surface area contributed by atoms with Gasteiger partial charge >= 0.3 is 11.9 Å². The van der Waals surface area contributed by atoms with Crippen LogP contribution in [0.4, 0.5) is 0 Å². The summed E-state index contributed by atoms with van der Waals surface area (Å²) in [6, 6.07) is 22.4.